The van der Waals surface area contributed by atoms with Crippen LogP contribution >= 0.6 is 0 Å². The summed E-state index contributed by atoms with van der Waals surface area (Å²) in [5, 5.41) is 16.4. The van der Waals surface area contributed by atoms with E-state index < -0.39 is 11.2 Å². The number of fused-ring (bicyclic) bond motifs is 1. The first-order chi connectivity index (χ1) is 15.6. The second-order valence-corrected chi connectivity index (χ2v) is 7.86. The average molecular weight is 429 g/mol. The number of aromatic amines is 1. The Labute approximate surface area is 183 Å². The van der Waals surface area contributed by atoms with Gasteiger partial charge in [0.2, 0.25) is 5.88 Å². The van der Waals surface area contributed by atoms with Gasteiger partial charge in [-0.3, -0.25) is 14.3 Å². The first-order valence-electron chi connectivity index (χ1n) is 10.6. The molecule has 2 aromatic carbocycles. The molecule has 5 rings (SSSR count). The number of aromatic hydroxyl groups is 1. The lowest BCUT2D eigenvalue weighted by Gasteiger charge is -2.12. The molecule has 0 aliphatic carbocycles. The summed E-state index contributed by atoms with van der Waals surface area (Å²) in [7, 11) is 0. The zero-order chi connectivity index (χ0) is 22.2. The van der Waals surface area contributed by atoms with Crippen molar-refractivity contribution in [2.75, 3.05) is 0 Å². The van der Waals surface area contributed by atoms with Crippen molar-refractivity contribution in [2.45, 2.75) is 32.5 Å². The Morgan fingerprint density at radius 1 is 1.09 bits per heavy atom. The van der Waals surface area contributed by atoms with E-state index in [0.717, 1.165) is 33.1 Å². The molecule has 0 bridgehead atoms. The molecule has 0 saturated carbocycles. The largest absolute Gasteiger partial charge is 0.494 e. The summed E-state index contributed by atoms with van der Waals surface area (Å²) in [6.45, 7) is 3.07. The lowest BCUT2D eigenvalue weighted by Crippen LogP contribution is -2.34. The Hall–Kier alpha value is -4.07. The van der Waals surface area contributed by atoms with Gasteiger partial charge >= 0.3 is 5.69 Å². The molecule has 8 nitrogen and oxygen atoms in total. The standard InChI is InChI=1S/C24H23N5O3/c1-2-28-14-17(16-10-6-7-11-20(16)28)18-12-19(27-26-18)21-22(30)25-24(32)29(23(21)31)13-15-8-4-3-5-9-15/h3-11,14,18,26,31H,2,12-13H2,1H3,(H,25,30,32)/t18-/m1/s1. The van der Waals surface area contributed by atoms with Crippen LogP contribution in [0.15, 0.2) is 75.5 Å². The monoisotopic (exact) mass is 429 g/mol. The Morgan fingerprint density at radius 2 is 1.84 bits per heavy atom. The van der Waals surface area contributed by atoms with Crippen molar-refractivity contribution in [1.29, 1.82) is 0 Å². The summed E-state index contributed by atoms with van der Waals surface area (Å²) in [5.41, 5.74) is 5.30. The minimum absolute atomic E-state index is 0.0229. The third-order valence-corrected chi connectivity index (χ3v) is 5.93. The quantitative estimate of drug-likeness (QED) is 0.454. The zero-order valence-electron chi connectivity index (χ0n) is 17.6. The summed E-state index contributed by atoms with van der Waals surface area (Å²) in [6, 6.07) is 17.3. The Kier molecular flexibility index (Phi) is 4.89. The minimum Gasteiger partial charge on any atom is -0.494 e. The van der Waals surface area contributed by atoms with Crippen LogP contribution in [-0.2, 0) is 13.1 Å². The lowest BCUT2D eigenvalue weighted by atomic mass is 9.99. The molecule has 0 spiro atoms. The van der Waals surface area contributed by atoms with Crippen molar-refractivity contribution < 1.29 is 5.11 Å². The summed E-state index contributed by atoms with van der Waals surface area (Å²) in [4.78, 5) is 27.3. The molecule has 1 atom stereocenters. The highest BCUT2D eigenvalue weighted by atomic mass is 16.3. The van der Waals surface area contributed by atoms with E-state index in [-0.39, 0.29) is 24.0 Å². The topological polar surface area (TPSA) is 104 Å². The van der Waals surface area contributed by atoms with Gasteiger partial charge in [-0.15, -0.1) is 0 Å². The van der Waals surface area contributed by atoms with Crippen LogP contribution in [0.2, 0.25) is 0 Å². The Bertz CT molecular complexity index is 1450. The van der Waals surface area contributed by atoms with Crippen LogP contribution in [0.3, 0.4) is 0 Å². The maximum absolute atomic E-state index is 12.6. The number of aryl methyl sites for hydroxylation is 1. The van der Waals surface area contributed by atoms with E-state index in [9.17, 15) is 14.7 Å². The molecular formula is C24H23N5O3. The van der Waals surface area contributed by atoms with Gasteiger partial charge in [-0.25, -0.2) is 4.79 Å². The SMILES string of the molecule is CCn1cc([C@H]2CC(c3c(O)n(Cc4ccccc4)c(=O)[nH]c3=O)=NN2)c2ccccc21. The molecule has 8 heteroatoms. The fourth-order valence-corrected chi connectivity index (χ4v) is 4.33. The average Bonchev–Trinajstić information content (AvgIpc) is 3.42. The molecule has 0 amide bonds. The van der Waals surface area contributed by atoms with Crippen LogP contribution in [0.1, 0.15) is 36.1 Å². The fourth-order valence-electron chi connectivity index (χ4n) is 4.33. The van der Waals surface area contributed by atoms with Crippen LogP contribution in [0.4, 0.5) is 0 Å². The number of hydrogen-bond donors (Lipinski definition) is 3. The van der Waals surface area contributed by atoms with Crippen molar-refractivity contribution >= 4 is 16.6 Å². The Balaban J connectivity index is 1.50. The maximum atomic E-state index is 12.6. The fraction of sp³-hybridized carbons (Fsp3) is 0.208. The third-order valence-electron chi connectivity index (χ3n) is 5.93. The molecule has 1 aliphatic rings. The predicted octanol–water partition coefficient (Wildman–Crippen LogP) is 2.70. The number of hydrogen-bond acceptors (Lipinski definition) is 5. The molecule has 32 heavy (non-hydrogen) atoms. The smallest absolute Gasteiger partial charge is 0.331 e. The molecule has 3 N–H and O–H groups in total. The van der Waals surface area contributed by atoms with Gasteiger partial charge in [0.05, 0.1) is 18.3 Å². The number of nitrogens with one attached hydrogen (secondary N) is 2. The predicted molar refractivity (Wildman–Crippen MR) is 123 cm³/mol. The van der Waals surface area contributed by atoms with Crippen LogP contribution in [0.25, 0.3) is 10.9 Å². The number of nitrogens with zero attached hydrogens (tertiary/aromatic N) is 3. The number of H-pyrrole nitrogens is 1. The van der Waals surface area contributed by atoms with Crippen molar-refractivity contribution in [3.05, 3.63) is 98.3 Å². The summed E-state index contributed by atoms with van der Waals surface area (Å²) < 4.78 is 3.33. The van der Waals surface area contributed by atoms with Gasteiger partial charge < -0.3 is 15.1 Å². The highest BCUT2D eigenvalue weighted by Gasteiger charge is 2.29. The molecule has 0 fully saturated rings. The molecule has 0 radical (unpaired) electrons. The minimum atomic E-state index is -0.658. The molecule has 3 heterocycles. The molecule has 4 aromatic rings. The normalized spacial score (nSPS) is 15.7. The summed E-state index contributed by atoms with van der Waals surface area (Å²) in [6.07, 6.45) is 2.51. The van der Waals surface area contributed by atoms with Gasteiger partial charge in [0.15, 0.2) is 0 Å². The van der Waals surface area contributed by atoms with Crippen LogP contribution < -0.4 is 16.7 Å². The molecule has 0 saturated heterocycles. The van der Waals surface area contributed by atoms with Crippen molar-refractivity contribution in [3.8, 4) is 5.88 Å². The second kappa shape index (κ2) is 7.88. The number of rotatable bonds is 5. The van der Waals surface area contributed by atoms with Gasteiger partial charge in [-0.2, -0.15) is 5.10 Å². The van der Waals surface area contributed by atoms with E-state index in [2.05, 4.69) is 45.3 Å². The molecule has 1 aliphatic heterocycles. The Morgan fingerprint density at radius 3 is 2.62 bits per heavy atom. The van der Waals surface area contributed by atoms with E-state index in [4.69, 9.17) is 0 Å². The number of para-hydroxylation sites is 1. The van der Waals surface area contributed by atoms with Crippen molar-refractivity contribution in [1.82, 2.24) is 19.5 Å². The first kappa shape index (κ1) is 19.9. The van der Waals surface area contributed by atoms with Gasteiger partial charge in [0.25, 0.3) is 5.56 Å². The lowest BCUT2D eigenvalue weighted by molar-refractivity contribution is 0.408. The third kappa shape index (κ3) is 3.30. The maximum Gasteiger partial charge on any atom is 0.331 e. The van der Waals surface area contributed by atoms with Crippen molar-refractivity contribution in [2.24, 2.45) is 5.10 Å². The van der Waals surface area contributed by atoms with E-state index in [1.165, 1.54) is 0 Å². The summed E-state index contributed by atoms with van der Waals surface area (Å²) >= 11 is 0. The number of benzene rings is 2. The molecule has 2 aromatic heterocycles. The number of aromatic nitrogens is 3. The number of hydrazone groups is 1. The zero-order valence-corrected chi connectivity index (χ0v) is 17.6. The molecular weight excluding hydrogens is 406 g/mol. The van der Waals surface area contributed by atoms with Crippen LogP contribution in [0.5, 0.6) is 5.88 Å². The second-order valence-electron chi connectivity index (χ2n) is 7.86. The van der Waals surface area contributed by atoms with E-state index in [1.807, 2.05) is 42.5 Å². The van der Waals surface area contributed by atoms with Crippen LogP contribution in [0, 0.1) is 0 Å². The van der Waals surface area contributed by atoms with Crippen molar-refractivity contribution in [3.63, 3.8) is 0 Å². The van der Waals surface area contributed by atoms with E-state index in [0.29, 0.717) is 12.1 Å². The van der Waals surface area contributed by atoms with E-state index in [1.54, 1.807) is 0 Å². The van der Waals surface area contributed by atoms with Gasteiger partial charge in [0, 0.05) is 35.6 Å². The highest BCUT2D eigenvalue weighted by Crippen LogP contribution is 2.32. The van der Waals surface area contributed by atoms with Gasteiger partial charge in [0.1, 0.15) is 5.56 Å². The van der Waals surface area contributed by atoms with Crippen LogP contribution in [-0.4, -0.2) is 24.9 Å². The van der Waals surface area contributed by atoms with Gasteiger partial charge in [-0.05, 0) is 18.6 Å². The van der Waals surface area contributed by atoms with E-state index >= 15 is 0 Å². The molecule has 0 unspecified atom stereocenters. The molecule has 162 valence electrons. The summed E-state index contributed by atoms with van der Waals surface area (Å²) in [5.74, 6) is -0.375. The van der Waals surface area contributed by atoms with Gasteiger partial charge in [-0.1, -0.05) is 48.5 Å². The highest BCUT2D eigenvalue weighted by molar-refractivity contribution is 6.03. The first-order valence-corrected chi connectivity index (χ1v) is 10.6.